The number of nitrogens with zero attached hydrogens (tertiary/aromatic N) is 1. The number of halogens is 3. The molecule has 0 saturated carbocycles. The van der Waals surface area contributed by atoms with E-state index in [0.717, 1.165) is 6.07 Å². The van der Waals surface area contributed by atoms with Gasteiger partial charge in [-0.1, -0.05) is 18.2 Å². The third-order valence-corrected chi connectivity index (χ3v) is 7.80. The maximum Gasteiger partial charge on any atom is 0.416 e. The van der Waals surface area contributed by atoms with E-state index in [1.54, 1.807) is 20.8 Å². The zero-order valence-electron chi connectivity index (χ0n) is 15.8. The van der Waals surface area contributed by atoms with Gasteiger partial charge in [-0.15, -0.1) is 0 Å². The smallest absolute Gasteiger partial charge is 0.342 e. The second kappa shape index (κ2) is 7.81. The van der Waals surface area contributed by atoms with Gasteiger partial charge in [-0.05, 0) is 51.2 Å². The SMILES string of the molecule is CC(C)(C)S(=O)(=O)CC1CCN(C(=O)Cc2ccccc2C(F)(F)F)CC1. The van der Waals surface area contributed by atoms with Crippen LogP contribution in [0.5, 0.6) is 0 Å². The fraction of sp³-hybridized carbons (Fsp3) is 0.632. The number of benzene rings is 1. The van der Waals surface area contributed by atoms with Gasteiger partial charge in [0, 0.05) is 13.1 Å². The predicted octanol–water partition coefficient (Wildman–Crippen LogP) is 3.70. The van der Waals surface area contributed by atoms with Crippen molar-refractivity contribution in [2.75, 3.05) is 18.8 Å². The fourth-order valence-electron chi connectivity index (χ4n) is 3.14. The van der Waals surface area contributed by atoms with Crippen molar-refractivity contribution in [1.29, 1.82) is 0 Å². The topological polar surface area (TPSA) is 54.5 Å². The predicted molar refractivity (Wildman–Crippen MR) is 98.0 cm³/mol. The van der Waals surface area contributed by atoms with Crippen molar-refractivity contribution in [2.24, 2.45) is 5.92 Å². The lowest BCUT2D eigenvalue weighted by molar-refractivity contribution is -0.138. The van der Waals surface area contributed by atoms with Crippen molar-refractivity contribution in [1.82, 2.24) is 4.90 Å². The van der Waals surface area contributed by atoms with Crippen molar-refractivity contribution in [2.45, 2.75) is 51.0 Å². The number of hydrogen-bond donors (Lipinski definition) is 0. The highest BCUT2D eigenvalue weighted by atomic mass is 32.2. The summed E-state index contributed by atoms with van der Waals surface area (Å²) >= 11 is 0. The first kappa shape index (κ1) is 21.7. The first-order valence-electron chi connectivity index (χ1n) is 8.96. The van der Waals surface area contributed by atoms with Crippen molar-refractivity contribution in [3.05, 3.63) is 35.4 Å². The van der Waals surface area contributed by atoms with E-state index < -0.39 is 26.3 Å². The Morgan fingerprint density at radius 1 is 1.11 bits per heavy atom. The number of piperidine rings is 1. The molecular formula is C19H26F3NO3S. The molecule has 152 valence electrons. The molecule has 0 spiro atoms. The minimum absolute atomic E-state index is 0.0271. The first-order valence-corrected chi connectivity index (χ1v) is 10.6. The third kappa shape index (κ3) is 5.46. The Bertz CT molecular complexity index is 774. The standard InChI is InChI=1S/C19H26F3NO3S/c1-18(2,3)27(25,26)13-14-8-10-23(11-9-14)17(24)12-15-6-4-5-7-16(15)19(20,21)22/h4-7,14H,8-13H2,1-3H3. The van der Waals surface area contributed by atoms with Gasteiger partial charge >= 0.3 is 6.18 Å². The molecule has 0 aromatic heterocycles. The summed E-state index contributed by atoms with van der Waals surface area (Å²) in [7, 11) is -3.23. The zero-order chi connectivity index (χ0) is 20.5. The molecule has 1 fully saturated rings. The number of sulfone groups is 1. The van der Waals surface area contributed by atoms with E-state index in [9.17, 15) is 26.4 Å². The number of rotatable bonds is 4. The Morgan fingerprint density at radius 3 is 2.19 bits per heavy atom. The summed E-state index contributed by atoms with van der Waals surface area (Å²) in [4.78, 5) is 14.0. The van der Waals surface area contributed by atoms with E-state index in [2.05, 4.69) is 0 Å². The van der Waals surface area contributed by atoms with E-state index in [1.165, 1.54) is 23.1 Å². The molecule has 0 unspecified atom stereocenters. The second-order valence-electron chi connectivity index (χ2n) is 8.05. The molecular weight excluding hydrogens is 379 g/mol. The summed E-state index contributed by atoms with van der Waals surface area (Å²) in [6, 6.07) is 5.09. The lowest BCUT2D eigenvalue weighted by Gasteiger charge is -2.33. The molecule has 0 radical (unpaired) electrons. The second-order valence-corrected chi connectivity index (χ2v) is 10.8. The summed E-state index contributed by atoms with van der Waals surface area (Å²) in [5.74, 6) is -0.306. The van der Waals surface area contributed by atoms with Crippen molar-refractivity contribution < 1.29 is 26.4 Å². The van der Waals surface area contributed by atoms with Crippen molar-refractivity contribution in [3.8, 4) is 0 Å². The molecule has 1 aromatic rings. The normalized spacial score (nSPS) is 17.2. The van der Waals surface area contributed by atoms with Crippen LogP contribution in [-0.2, 0) is 27.2 Å². The molecule has 1 aliphatic rings. The number of likely N-dealkylation sites (tertiary alicyclic amines) is 1. The Labute approximate surface area is 158 Å². The van der Waals surface area contributed by atoms with Crippen molar-refractivity contribution in [3.63, 3.8) is 0 Å². The molecule has 2 rings (SSSR count). The van der Waals surface area contributed by atoms with Gasteiger partial charge in [0.05, 0.1) is 22.5 Å². The van der Waals surface area contributed by atoms with Crippen LogP contribution in [0.1, 0.15) is 44.7 Å². The number of amides is 1. The first-order chi connectivity index (χ1) is 12.3. The molecule has 0 atom stereocenters. The summed E-state index contributed by atoms with van der Waals surface area (Å²) in [5, 5.41) is 0. The highest BCUT2D eigenvalue weighted by Crippen LogP contribution is 2.32. The van der Waals surface area contributed by atoms with Gasteiger partial charge in [-0.3, -0.25) is 4.79 Å². The van der Waals surface area contributed by atoms with Gasteiger partial charge in [-0.2, -0.15) is 13.2 Å². The van der Waals surface area contributed by atoms with Crippen LogP contribution in [0, 0.1) is 5.92 Å². The molecule has 1 amide bonds. The molecule has 1 saturated heterocycles. The molecule has 1 heterocycles. The minimum atomic E-state index is -4.49. The average Bonchev–Trinajstić information content (AvgIpc) is 2.53. The van der Waals surface area contributed by atoms with Crippen LogP contribution >= 0.6 is 0 Å². The van der Waals surface area contributed by atoms with Gasteiger partial charge in [0.25, 0.3) is 0 Å². The molecule has 27 heavy (non-hydrogen) atoms. The van der Waals surface area contributed by atoms with Crippen molar-refractivity contribution >= 4 is 15.7 Å². The molecule has 0 N–H and O–H groups in total. The van der Waals surface area contributed by atoms with Gasteiger partial charge in [0.1, 0.15) is 0 Å². The van der Waals surface area contributed by atoms with Gasteiger partial charge < -0.3 is 4.90 Å². The summed E-state index contributed by atoms with van der Waals surface area (Å²) < 4.78 is 63.0. The lowest BCUT2D eigenvalue weighted by atomic mass is 9.97. The molecule has 0 aliphatic carbocycles. The van der Waals surface area contributed by atoms with Crippen LogP contribution in [-0.4, -0.2) is 42.8 Å². The van der Waals surface area contributed by atoms with E-state index in [-0.39, 0.29) is 29.6 Å². The number of carbonyl (C=O) groups is 1. The number of carbonyl (C=O) groups excluding carboxylic acids is 1. The molecule has 4 nitrogen and oxygen atoms in total. The van der Waals surface area contributed by atoms with E-state index in [1.807, 2.05) is 0 Å². The van der Waals surface area contributed by atoms with E-state index >= 15 is 0 Å². The third-order valence-electron chi connectivity index (χ3n) is 5.02. The maximum absolute atomic E-state index is 13.1. The van der Waals surface area contributed by atoms with Gasteiger partial charge in [0.15, 0.2) is 9.84 Å². The lowest BCUT2D eigenvalue weighted by Crippen LogP contribution is -2.42. The Kier molecular flexibility index (Phi) is 6.29. The monoisotopic (exact) mass is 405 g/mol. The molecule has 1 aliphatic heterocycles. The molecule has 0 bridgehead atoms. The van der Waals surface area contributed by atoms with E-state index in [0.29, 0.717) is 25.9 Å². The highest BCUT2D eigenvalue weighted by Gasteiger charge is 2.35. The quantitative estimate of drug-likeness (QED) is 0.768. The largest absolute Gasteiger partial charge is 0.416 e. The molecule has 8 heteroatoms. The van der Waals surface area contributed by atoms with E-state index in [4.69, 9.17) is 0 Å². The van der Waals surface area contributed by atoms with Crippen LogP contribution in [0.25, 0.3) is 0 Å². The van der Waals surface area contributed by atoms with Crippen LogP contribution < -0.4 is 0 Å². The zero-order valence-corrected chi connectivity index (χ0v) is 16.7. The Morgan fingerprint density at radius 2 is 1.67 bits per heavy atom. The number of hydrogen-bond acceptors (Lipinski definition) is 3. The van der Waals surface area contributed by atoms with Crippen LogP contribution in [0.15, 0.2) is 24.3 Å². The highest BCUT2D eigenvalue weighted by molar-refractivity contribution is 7.92. The molecule has 1 aromatic carbocycles. The summed E-state index contributed by atoms with van der Waals surface area (Å²) in [5.41, 5.74) is -0.822. The van der Waals surface area contributed by atoms with Crippen LogP contribution in [0.2, 0.25) is 0 Å². The number of alkyl halides is 3. The Balaban J connectivity index is 1.97. The van der Waals surface area contributed by atoms with Crippen LogP contribution in [0.4, 0.5) is 13.2 Å². The summed E-state index contributed by atoms with van der Waals surface area (Å²) in [6.07, 6.45) is -3.71. The summed E-state index contributed by atoms with van der Waals surface area (Å²) in [6.45, 7) is 5.74. The van der Waals surface area contributed by atoms with Crippen LogP contribution in [0.3, 0.4) is 0 Å². The van der Waals surface area contributed by atoms with Gasteiger partial charge in [0.2, 0.25) is 5.91 Å². The Hall–Kier alpha value is -1.57. The van der Waals surface area contributed by atoms with Gasteiger partial charge in [-0.25, -0.2) is 8.42 Å². The maximum atomic E-state index is 13.1. The average molecular weight is 405 g/mol. The fourth-order valence-corrected chi connectivity index (χ4v) is 4.59. The minimum Gasteiger partial charge on any atom is -0.342 e.